The zero-order valence-electron chi connectivity index (χ0n) is 40.6. The van der Waals surface area contributed by atoms with E-state index < -0.39 is 0 Å². The molecule has 1 aliphatic heterocycles. The number of furan rings is 1. The highest BCUT2D eigenvalue weighted by atomic mass is 32.1. The van der Waals surface area contributed by atoms with Crippen molar-refractivity contribution in [3.63, 3.8) is 0 Å². The van der Waals surface area contributed by atoms with Crippen LogP contribution in [-0.4, -0.2) is 11.8 Å². The standard InChI is InChI=1S/C63H55BN2OS/c1-60(2,3)34-18-20-35(21-19-34)65-51-32-55-43(44-28-48-49(31-54(44)67-55)62(6,7)25-24-61(48,4)5)26-41(51)38-22-23-39-42-27-45-37-15-11-13-17-56(37)68-57(45)33-52(42)66-53-29-40-36-14-10-12-16-46(36)63(8,9)47(40)30-50(53)64-58(38)59(39)66/h10-23,26-33,64-65H,24-25H2,1-9H3. The molecule has 0 saturated heterocycles. The van der Waals surface area contributed by atoms with Crippen molar-refractivity contribution in [2.45, 2.75) is 96.8 Å². The number of rotatable bonds is 3. The first-order valence-electron chi connectivity index (χ1n) is 24.7. The maximum Gasteiger partial charge on any atom is 0.198 e. The molecule has 0 amide bonds. The lowest BCUT2D eigenvalue weighted by molar-refractivity contribution is 0.332. The van der Waals surface area contributed by atoms with Crippen LogP contribution in [0.3, 0.4) is 0 Å². The van der Waals surface area contributed by atoms with Crippen LogP contribution < -0.4 is 16.2 Å². The summed E-state index contributed by atoms with van der Waals surface area (Å²) in [5, 5.41) is 11.6. The molecule has 68 heavy (non-hydrogen) atoms. The number of hydrogen-bond donors (Lipinski definition) is 1. The minimum absolute atomic E-state index is 0.0618. The molecule has 332 valence electrons. The lowest BCUT2D eigenvalue weighted by Crippen LogP contribution is -2.38. The summed E-state index contributed by atoms with van der Waals surface area (Å²) >= 11 is 1.90. The van der Waals surface area contributed by atoms with Gasteiger partial charge in [-0.1, -0.05) is 141 Å². The molecule has 0 spiro atoms. The van der Waals surface area contributed by atoms with E-state index in [2.05, 4.69) is 206 Å². The molecule has 0 saturated carbocycles. The van der Waals surface area contributed by atoms with Crippen LogP contribution in [0.4, 0.5) is 11.4 Å². The predicted molar refractivity (Wildman–Crippen MR) is 294 cm³/mol. The van der Waals surface area contributed by atoms with Crippen molar-refractivity contribution in [1.29, 1.82) is 0 Å². The van der Waals surface area contributed by atoms with Crippen molar-refractivity contribution in [2.75, 3.05) is 5.32 Å². The van der Waals surface area contributed by atoms with Crippen LogP contribution >= 0.6 is 11.3 Å². The number of anilines is 2. The fourth-order valence-corrected chi connectivity index (χ4v) is 13.9. The van der Waals surface area contributed by atoms with Gasteiger partial charge in [0, 0.05) is 75.7 Å². The van der Waals surface area contributed by atoms with Gasteiger partial charge < -0.3 is 14.3 Å². The first kappa shape index (κ1) is 40.5. The lowest BCUT2D eigenvalue weighted by atomic mass is 9.58. The van der Waals surface area contributed by atoms with E-state index in [1.165, 1.54) is 126 Å². The number of nitrogens with zero attached hydrogens (tertiary/aromatic N) is 1. The maximum absolute atomic E-state index is 6.96. The monoisotopic (exact) mass is 898 g/mol. The van der Waals surface area contributed by atoms with Gasteiger partial charge in [0.2, 0.25) is 0 Å². The van der Waals surface area contributed by atoms with Gasteiger partial charge in [-0.2, -0.15) is 0 Å². The lowest BCUT2D eigenvalue weighted by Gasteiger charge is -2.41. The zero-order valence-corrected chi connectivity index (χ0v) is 41.4. The Labute approximate surface area is 403 Å². The van der Waals surface area contributed by atoms with E-state index in [0.717, 1.165) is 36.2 Å². The molecule has 4 heterocycles. The summed E-state index contributed by atoms with van der Waals surface area (Å²) in [4.78, 5) is 0. The minimum atomic E-state index is -0.103. The van der Waals surface area contributed by atoms with E-state index in [-0.39, 0.29) is 21.7 Å². The molecule has 0 bridgehead atoms. The second-order valence-electron chi connectivity index (χ2n) is 23.3. The van der Waals surface area contributed by atoms with Crippen LogP contribution in [0.1, 0.15) is 103 Å². The highest BCUT2D eigenvalue weighted by Crippen LogP contribution is 2.52. The van der Waals surface area contributed by atoms with E-state index in [9.17, 15) is 0 Å². The average Bonchev–Trinajstić information content (AvgIpc) is 4.02. The highest BCUT2D eigenvalue weighted by molar-refractivity contribution is 7.25. The van der Waals surface area contributed by atoms with Crippen molar-refractivity contribution < 1.29 is 4.42 Å². The molecule has 11 aromatic rings. The van der Waals surface area contributed by atoms with Gasteiger partial charge in [-0.05, 0) is 134 Å². The third-order valence-electron chi connectivity index (χ3n) is 16.8. The third kappa shape index (κ3) is 5.54. The Morgan fingerprint density at radius 2 is 1.28 bits per heavy atom. The van der Waals surface area contributed by atoms with Crippen molar-refractivity contribution >= 4 is 105 Å². The second-order valence-corrected chi connectivity index (χ2v) is 24.4. The van der Waals surface area contributed by atoms with Gasteiger partial charge in [-0.25, -0.2) is 0 Å². The van der Waals surface area contributed by atoms with Gasteiger partial charge in [0.25, 0.3) is 0 Å². The summed E-state index contributed by atoms with van der Waals surface area (Å²) in [5.41, 5.74) is 22.9. The highest BCUT2D eigenvalue weighted by Gasteiger charge is 2.40. The van der Waals surface area contributed by atoms with Crippen molar-refractivity contribution in [1.82, 2.24) is 4.57 Å². The van der Waals surface area contributed by atoms with Gasteiger partial charge >= 0.3 is 0 Å². The largest absolute Gasteiger partial charge is 0.456 e. The molecule has 3 nitrogen and oxygen atoms in total. The topological polar surface area (TPSA) is 30.1 Å². The van der Waals surface area contributed by atoms with Crippen molar-refractivity contribution in [3.05, 3.63) is 161 Å². The van der Waals surface area contributed by atoms with Gasteiger partial charge in [0.05, 0.1) is 11.2 Å². The summed E-state index contributed by atoms with van der Waals surface area (Å²) in [7, 11) is 0.829. The fraction of sp³-hybridized carbons (Fsp3) is 0.238. The van der Waals surface area contributed by atoms with Crippen molar-refractivity contribution in [2.24, 2.45) is 0 Å². The quantitative estimate of drug-likeness (QED) is 0.179. The molecule has 0 unspecified atom stereocenters. The summed E-state index contributed by atoms with van der Waals surface area (Å²) in [5.74, 6) is 0. The van der Waals surface area contributed by atoms with Gasteiger partial charge in [0.1, 0.15) is 11.2 Å². The molecule has 0 atom stereocenters. The Bertz CT molecular complexity index is 4030. The number of benzene rings is 8. The molecule has 3 aliphatic rings. The van der Waals surface area contributed by atoms with Crippen LogP contribution in [0.2, 0.25) is 0 Å². The van der Waals surface area contributed by atoms with E-state index in [4.69, 9.17) is 4.42 Å². The van der Waals surface area contributed by atoms with E-state index in [1.807, 2.05) is 11.3 Å². The molecular formula is C63H55BN2OS. The average molecular weight is 899 g/mol. The first-order chi connectivity index (χ1) is 32.5. The zero-order chi connectivity index (χ0) is 46.4. The summed E-state index contributed by atoms with van der Waals surface area (Å²) < 4.78 is 12.3. The Morgan fingerprint density at radius 1 is 0.559 bits per heavy atom. The number of nitrogens with one attached hydrogen (secondary N) is 1. The second kappa shape index (κ2) is 13.4. The van der Waals surface area contributed by atoms with E-state index in [1.54, 1.807) is 0 Å². The molecule has 0 fully saturated rings. The van der Waals surface area contributed by atoms with Crippen molar-refractivity contribution in [3.8, 4) is 27.9 Å². The molecule has 5 heteroatoms. The molecular weight excluding hydrogens is 844 g/mol. The first-order valence-corrected chi connectivity index (χ1v) is 25.5. The summed E-state index contributed by atoms with van der Waals surface area (Å²) in [6.07, 6.45) is 2.33. The van der Waals surface area contributed by atoms with Gasteiger partial charge in [-0.15, -0.1) is 11.3 Å². The molecule has 8 aromatic carbocycles. The Hall–Kier alpha value is -6.56. The SMILES string of the molecule is CC(C)(C)c1ccc(Nc2cc3oc4cc5c(cc4c3cc2-c2ccc3c4cc6c(cc4n4c3c2Bc2cc3c(cc2-4)-c2ccccc2C3(C)C)sc2ccccc26)C(C)(C)CCC5(C)C)cc1. The summed E-state index contributed by atoms with van der Waals surface area (Å²) in [6, 6.07) is 51.5. The van der Waals surface area contributed by atoms with Crippen LogP contribution in [0.5, 0.6) is 0 Å². The Kier molecular flexibility index (Phi) is 7.96. The fourth-order valence-electron chi connectivity index (χ4n) is 12.8. The van der Waals surface area contributed by atoms with E-state index in [0.29, 0.717) is 0 Å². The van der Waals surface area contributed by atoms with Gasteiger partial charge in [-0.3, -0.25) is 0 Å². The van der Waals surface area contributed by atoms with Crippen LogP contribution in [-0.2, 0) is 21.7 Å². The maximum atomic E-state index is 6.96. The predicted octanol–water partition coefficient (Wildman–Crippen LogP) is 16.1. The molecule has 14 rings (SSSR count). The number of hydrogen-bond acceptors (Lipinski definition) is 3. The smallest absolute Gasteiger partial charge is 0.198 e. The number of fused-ring (bicyclic) bond motifs is 15. The molecule has 1 N–H and O–H groups in total. The molecule has 3 aromatic heterocycles. The van der Waals surface area contributed by atoms with Gasteiger partial charge in [0.15, 0.2) is 7.28 Å². The normalized spacial score (nSPS) is 16.4. The van der Waals surface area contributed by atoms with Crippen LogP contribution in [0.15, 0.2) is 138 Å². The molecule has 0 radical (unpaired) electrons. The third-order valence-corrected chi connectivity index (χ3v) is 18.0. The summed E-state index contributed by atoms with van der Waals surface area (Å²) in [6.45, 7) is 21.3. The number of thiophene rings is 1. The number of aromatic nitrogens is 1. The van der Waals surface area contributed by atoms with Crippen LogP contribution in [0.25, 0.3) is 91.9 Å². The van der Waals surface area contributed by atoms with E-state index >= 15 is 0 Å². The Morgan fingerprint density at radius 3 is 2.07 bits per heavy atom. The minimum Gasteiger partial charge on any atom is -0.456 e. The Balaban J connectivity index is 1.06. The molecule has 2 aliphatic carbocycles. The van der Waals surface area contributed by atoms with Crippen LogP contribution in [0, 0.1) is 0 Å².